The number of thiophene rings is 1. The van der Waals surface area contributed by atoms with Crippen LogP contribution < -0.4 is 5.32 Å². The summed E-state index contributed by atoms with van der Waals surface area (Å²) in [6.45, 7) is 0.569. The molecule has 6 heteroatoms. The molecule has 1 N–H and O–H groups in total. The number of anilines is 1. The molecule has 2 aromatic heterocycles. The van der Waals surface area contributed by atoms with Crippen molar-refractivity contribution in [1.29, 1.82) is 0 Å². The fraction of sp³-hybridized carbons (Fsp3) is 0.0714. The Morgan fingerprint density at radius 2 is 2.15 bits per heavy atom. The molecule has 3 aromatic rings. The first-order chi connectivity index (χ1) is 9.74. The highest BCUT2D eigenvalue weighted by Gasteiger charge is 2.09. The summed E-state index contributed by atoms with van der Waals surface area (Å²) in [5.74, 6) is 0. The van der Waals surface area contributed by atoms with Gasteiger partial charge in [-0.2, -0.15) is 0 Å². The third kappa shape index (κ3) is 2.46. The molecular formula is C14H11N3O2S. The fourth-order valence-corrected chi connectivity index (χ4v) is 2.78. The van der Waals surface area contributed by atoms with E-state index in [1.165, 1.54) is 17.4 Å². The van der Waals surface area contributed by atoms with Gasteiger partial charge < -0.3 is 5.32 Å². The Morgan fingerprint density at radius 3 is 2.95 bits per heavy atom. The van der Waals surface area contributed by atoms with Gasteiger partial charge in [0, 0.05) is 46.3 Å². The van der Waals surface area contributed by atoms with Gasteiger partial charge in [0.05, 0.1) is 4.92 Å². The van der Waals surface area contributed by atoms with E-state index in [9.17, 15) is 10.1 Å². The average molecular weight is 285 g/mol. The second-order valence-electron chi connectivity index (χ2n) is 4.25. The van der Waals surface area contributed by atoms with E-state index in [1.807, 2.05) is 30.5 Å². The smallest absolute Gasteiger partial charge is 0.324 e. The van der Waals surface area contributed by atoms with E-state index in [2.05, 4.69) is 10.3 Å². The lowest BCUT2D eigenvalue weighted by atomic mass is 10.1. The molecule has 0 saturated carbocycles. The Hall–Kier alpha value is -2.47. The van der Waals surface area contributed by atoms with Crippen molar-refractivity contribution in [2.45, 2.75) is 6.54 Å². The minimum atomic E-state index is -0.363. The highest BCUT2D eigenvalue weighted by molar-refractivity contribution is 7.15. The first kappa shape index (κ1) is 12.6. The van der Waals surface area contributed by atoms with Crippen LogP contribution in [0.15, 0.2) is 48.8 Å². The van der Waals surface area contributed by atoms with Crippen molar-refractivity contribution in [2.24, 2.45) is 0 Å². The molecule has 0 spiro atoms. The van der Waals surface area contributed by atoms with Gasteiger partial charge >= 0.3 is 5.00 Å². The molecular weight excluding hydrogens is 274 g/mol. The summed E-state index contributed by atoms with van der Waals surface area (Å²) in [6.07, 6.45) is 3.57. The van der Waals surface area contributed by atoms with Crippen LogP contribution in [0.3, 0.4) is 0 Å². The van der Waals surface area contributed by atoms with Crippen LogP contribution in [0.2, 0.25) is 0 Å². The quantitative estimate of drug-likeness (QED) is 0.584. The van der Waals surface area contributed by atoms with Gasteiger partial charge in [-0.1, -0.05) is 23.5 Å². The lowest BCUT2D eigenvalue weighted by Gasteiger charge is -2.08. The molecule has 100 valence electrons. The van der Waals surface area contributed by atoms with Crippen molar-refractivity contribution < 1.29 is 4.92 Å². The summed E-state index contributed by atoms with van der Waals surface area (Å²) in [6, 6.07) is 11.2. The molecule has 0 unspecified atom stereocenters. The molecule has 0 amide bonds. The molecule has 0 saturated heterocycles. The zero-order valence-electron chi connectivity index (χ0n) is 10.4. The largest absolute Gasteiger partial charge is 0.380 e. The van der Waals surface area contributed by atoms with Crippen LogP contribution in [-0.4, -0.2) is 9.91 Å². The van der Waals surface area contributed by atoms with Gasteiger partial charge in [-0.05, 0) is 18.2 Å². The van der Waals surface area contributed by atoms with Gasteiger partial charge in [-0.3, -0.25) is 15.1 Å². The number of hydrogen-bond donors (Lipinski definition) is 1. The zero-order valence-corrected chi connectivity index (χ0v) is 11.3. The number of pyridine rings is 1. The summed E-state index contributed by atoms with van der Waals surface area (Å²) in [7, 11) is 0. The van der Waals surface area contributed by atoms with Crippen LogP contribution in [0.25, 0.3) is 10.8 Å². The van der Waals surface area contributed by atoms with Gasteiger partial charge in [0.1, 0.15) is 0 Å². The molecule has 3 rings (SSSR count). The lowest BCUT2D eigenvalue weighted by molar-refractivity contribution is -0.380. The molecule has 5 nitrogen and oxygen atoms in total. The van der Waals surface area contributed by atoms with E-state index in [1.54, 1.807) is 12.3 Å². The number of nitrogens with zero attached hydrogens (tertiary/aromatic N) is 2. The molecule has 0 bridgehead atoms. The number of rotatable bonds is 4. The second-order valence-corrected chi connectivity index (χ2v) is 5.40. The van der Waals surface area contributed by atoms with E-state index in [0.717, 1.165) is 21.3 Å². The molecule has 0 atom stereocenters. The summed E-state index contributed by atoms with van der Waals surface area (Å²) >= 11 is 1.19. The predicted octanol–water partition coefficient (Wildman–Crippen LogP) is 3.82. The highest BCUT2D eigenvalue weighted by Crippen LogP contribution is 2.26. The van der Waals surface area contributed by atoms with Gasteiger partial charge in [0.2, 0.25) is 0 Å². The summed E-state index contributed by atoms with van der Waals surface area (Å²) in [4.78, 5) is 15.3. The topological polar surface area (TPSA) is 68.1 Å². The van der Waals surface area contributed by atoms with E-state index >= 15 is 0 Å². The fourth-order valence-electron chi connectivity index (χ4n) is 2.02. The van der Waals surface area contributed by atoms with Crippen LogP contribution in [0, 0.1) is 10.1 Å². The summed E-state index contributed by atoms with van der Waals surface area (Å²) in [5.41, 5.74) is 1.00. The van der Waals surface area contributed by atoms with Crippen LogP contribution in [-0.2, 0) is 6.54 Å². The Bertz CT molecular complexity index is 764. The Balaban J connectivity index is 1.81. The molecule has 0 aliphatic rings. The SMILES string of the molecule is O=[N+]([O-])c1ccc(CNc2cccc3cnccc23)s1. The first-order valence-electron chi connectivity index (χ1n) is 6.04. The number of nitro groups is 1. The number of hydrogen-bond acceptors (Lipinski definition) is 5. The third-order valence-corrected chi connectivity index (χ3v) is 4.00. The van der Waals surface area contributed by atoms with Crippen LogP contribution in [0.1, 0.15) is 4.88 Å². The van der Waals surface area contributed by atoms with Crippen LogP contribution in [0.5, 0.6) is 0 Å². The second kappa shape index (κ2) is 5.26. The molecule has 0 aliphatic heterocycles. The van der Waals surface area contributed by atoms with Gasteiger partial charge in [0.25, 0.3) is 0 Å². The normalized spacial score (nSPS) is 10.6. The first-order valence-corrected chi connectivity index (χ1v) is 6.85. The van der Waals surface area contributed by atoms with Gasteiger partial charge in [-0.15, -0.1) is 0 Å². The van der Waals surface area contributed by atoms with Crippen LogP contribution in [0.4, 0.5) is 10.7 Å². The van der Waals surface area contributed by atoms with Gasteiger partial charge in [0.15, 0.2) is 0 Å². The van der Waals surface area contributed by atoms with Crippen molar-refractivity contribution in [2.75, 3.05) is 5.32 Å². The standard InChI is InChI=1S/C14H11N3O2S/c18-17(19)14-5-4-11(20-14)9-16-13-3-1-2-10-8-15-7-6-12(10)13/h1-8,16H,9H2. The molecule has 0 aliphatic carbocycles. The van der Waals surface area contributed by atoms with E-state index in [4.69, 9.17) is 0 Å². The van der Waals surface area contributed by atoms with Crippen molar-refractivity contribution in [3.8, 4) is 0 Å². The maximum atomic E-state index is 10.7. The van der Waals surface area contributed by atoms with Gasteiger partial charge in [-0.25, -0.2) is 0 Å². The molecule has 2 heterocycles. The number of nitrogens with one attached hydrogen (secondary N) is 1. The van der Waals surface area contributed by atoms with Crippen molar-refractivity contribution in [3.05, 3.63) is 63.8 Å². The van der Waals surface area contributed by atoms with E-state index < -0.39 is 0 Å². The number of benzene rings is 1. The molecule has 0 radical (unpaired) electrons. The number of fused-ring (bicyclic) bond motifs is 1. The lowest BCUT2D eigenvalue weighted by Crippen LogP contribution is -1.97. The monoisotopic (exact) mass is 285 g/mol. The highest BCUT2D eigenvalue weighted by atomic mass is 32.1. The van der Waals surface area contributed by atoms with Crippen molar-refractivity contribution >= 4 is 32.8 Å². The minimum absolute atomic E-state index is 0.170. The number of aromatic nitrogens is 1. The van der Waals surface area contributed by atoms with E-state index in [-0.39, 0.29) is 9.92 Å². The minimum Gasteiger partial charge on any atom is -0.380 e. The third-order valence-electron chi connectivity index (χ3n) is 2.96. The predicted molar refractivity (Wildman–Crippen MR) is 80.0 cm³/mol. The average Bonchev–Trinajstić information content (AvgIpc) is 2.94. The molecule has 1 aromatic carbocycles. The Labute approximate surface area is 119 Å². The molecule has 20 heavy (non-hydrogen) atoms. The van der Waals surface area contributed by atoms with Crippen molar-refractivity contribution in [1.82, 2.24) is 4.98 Å². The molecule has 0 fully saturated rings. The van der Waals surface area contributed by atoms with Crippen molar-refractivity contribution in [3.63, 3.8) is 0 Å². The zero-order chi connectivity index (χ0) is 13.9. The Morgan fingerprint density at radius 1 is 1.25 bits per heavy atom. The maximum absolute atomic E-state index is 10.7. The van der Waals surface area contributed by atoms with E-state index in [0.29, 0.717) is 6.54 Å². The summed E-state index contributed by atoms with van der Waals surface area (Å²) in [5, 5.41) is 16.3. The maximum Gasteiger partial charge on any atom is 0.324 e. The van der Waals surface area contributed by atoms with Crippen LogP contribution >= 0.6 is 11.3 Å². The summed E-state index contributed by atoms with van der Waals surface area (Å²) < 4.78 is 0. The Kier molecular flexibility index (Phi) is 3.30.